The van der Waals surface area contributed by atoms with E-state index >= 15 is 0 Å². The summed E-state index contributed by atoms with van der Waals surface area (Å²) in [6, 6.07) is 30.8. The highest BCUT2D eigenvalue weighted by molar-refractivity contribution is 7.81. The molecule has 2 amide bonds. The largest absolute Gasteiger partial charge is 0.490 e. The molecule has 4 aromatic carbocycles. The van der Waals surface area contributed by atoms with Gasteiger partial charge in [0.25, 0.3) is 11.8 Å². The Labute approximate surface area is 243 Å². The maximum absolute atomic E-state index is 13.8. The molecule has 200 valence electrons. The maximum Gasteiger partial charge on any atom is 0.270 e. The second-order valence-corrected chi connectivity index (χ2v) is 9.58. The van der Waals surface area contributed by atoms with Gasteiger partial charge < -0.3 is 9.47 Å². The number of amides is 2. The number of benzene rings is 4. The van der Waals surface area contributed by atoms with Crippen LogP contribution in [0.25, 0.3) is 6.08 Å². The monoisotopic (exact) mass is 568 g/mol. The van der Waals surface area contributed by atoms with Gasteiger partial charge in [-0.1, -0.05) is 72.3 Å². The molecule has 5 rings (SSSR count). The van der Waals surface area contributed by atoms with Crippen molar-refractivity contribution < 1.29 is 19.1 Å². The number of halogens is 1. The van der Waals surface area contributed by atoms with Crippen LogP contribution in [0.3, 0.4) is 0 Å². The molecule has 0 spiro atoms. The number of rotatable bonds is 8. The van der Waals surface area contributed by atoms with Gasteiger partial charge in [-0.25, -0.2) is 0 Å². The predicted octanol–water partition coefficient (Wildman–Crippen LogP) is 7.07. The molecule has 0 radical (unpaired) electrons. The Bertz CT molecular complexity index is 1530. The molecule has 0 bridgehead atoms. The van der Waals surface area contributed by atoms with Crippen molar-refractivity contribution in [3.8, 4) is 11.5 Å². The minimum absolute atomic E-state index is 0.0338. The maximum atomic E-state index is 13.8. The highest BCUT2D eigenvalue weighted by Gasteiger charge is 2.41. The summed E-state index contributed by atoms with van der Waals surface area (Å²) in [4.78, 5) is 30.3. The molecule has 0 aliphatic carbocycles. The minimum Gasteiger partial charge on any atom is -0.490 e. The molecule has 0 unspecified atom stereocenters. The first-order valence-electron chi connectivity index (χ1n) is 12.7. The zero-order valence-corrected chi connectivity index (χ0v) is 23.2. The summed E-state index contributed by atoms with van der Waals surface area (Å²) in [6.07, 6.45) is 1.55. The van der Waals surface area contributed by atoms with Gasteiger partial charge in [-0.05, 0) is 73.2 Å². The zero-order chi connectivity index (χ0) is 28.1. The van der Waals surface area contributed by atoms with E-state index in [1.54, 1.807) is 54.6 Å². The Morgan fingerprint density at radius 3 is 1.90 bits per heavy atom. The van der Waals surface area contributed by atoms with Crippen LogP contribution in [0.1, 0.15) is 18.1 Å². The molecule has 0 N–H and O–H groups in total. The van der Waals surface area contributed by atoms with Crippen LogP contribution in [-0.2, 0) is 16.2 Å². The molecule has 0 aromatic heterocycles. The van der Waals surface area contributed by atoms with Gasteiger partial charge in [0.1, 0.15) is 12.2 Å². The van der Waals surface area contributed by atoms with Crippen LogP contribution in [0.5, 0.6) is 11.5 Å². The van der Waals surface area contributed by atoms with E-state index in [1.165, 1.54) is 9.80 Å². The highest BCUT2D eigenvalue weighted by Crippen LogP contribution is 2.33. The number of para-hydroxylation sites is 2. The first-order valence-corrected chi connectivity index (χ1v) is 13.4. The predicted molar refractivity (Wildman–Crippen MR) is 162 cm³/mol. The van der Waals surface area contributed by atoms with Crippen LogP contribution < -0.4 is 19.3 Å². The summed E-state index contributed by atoms with van der Waals surface area (Å²) in [5.41, 5.74) is 2.53. The van der Waals surface area contributed by atoms with Crippen molar-refractivity contribution in [2.24, 2.45) is 0 Å². The molecule has 1 fully saturated rings. The second-order valence-electron chi connectivity index (χ2n) is 8.81. The average molecular weight is 569 g/mol. The lowest BCUT2D eigenvalue weighted by Crippen LogP contribution is -2.56. The van der Waals surface area contributed by atoms with Crippen LogP contribution in [0.4, 0.5) is 11.4 Å². The summed E-state index contributed by atoms with van der Waals surface area (Å²) < 4.78 is 11.8. The van der Waals surface area contributed by atoms with Crippen LogP contribution in [-0.4, -0.2) is 23.5 Å². The number of carbonyl (C=O) groups excluding carboxylic acids is 2. The van der Waals surface area contributed by atoms with E-state index in [-0.39, 0.29) is 17.3 Å². The third-order valence-corrected chi connectivity index (χ3v) is 6.93. The molecule has 1 heterocycles. The Morgan fingerprint density at radius 2 is 1.32 bits per heavy atom. The molecule has 4 aromatic rings. The van der Waals surface area contributed by atoms with E-state index in [0.717, 1.165) is 5.56 Å². The molecule has 1 aliphatic rings. The van der Waals surface area contributed by atoms with Gasteiger partial charge in [0, 0.05) is 10.6 Å². The standard InChI is InChI=1S/C32H25ClN2O4S/c1-2-38-29-20-22(17-18-28(29)39-21-23-11-9-10-16-27(23)33)19-26-30(36)34(24-12-5-3-6-13-24)32(40)35(31(26)37)25-14-7-4-8-15-25/h3-20H,2,21H2,1H3. The van der Waals surface area contributed by atoms with Crippen LogP contribution in [0.2, 0.25) is 5.02 Å². The van der Waals surface area contributed by atoms with Crippen LogP contribution >= 0.6 is 23.8 Å². The third-order valence-electron chi connectivity index (χ3n) is 6.20. The Morgan fingerprint density at radius 1 is 0.750 bits per heavy atom. The summed E-state index contributed by atoms with van der Waals surface area (Å²) in [5.74, 6) is -0.0195. The van der Waals surface area contributed by atoms with Crippen molar-refractivity contribution in [3.63, 3.8) is 0 Å². The third kappa shape index (κ3) is 5.61. The molecule has 1 saturated heterocycles. The molecule has 0 saturated carbocycles. The van der Waals surface area contributed by atoms with Crippen molar-refractivity contribution in [3.05, 3.63) is 125 Å². The Hall–Kier alpha value is -4.46. The van der Waals surface area contributed by atoms with Crippen molar-refractivity contribution in [1.29, 1.82) is 0 Å². The van der Waals surface area contributed by atoms with Gasteiger partial charge in [0.15, 0.2) is 16.6 Å². The normalized spacial score (nSPS) is 13.4. The lowest BCUT2D eigenvalue weighted by molar-refractivity contribution is -0.120. The number of hydrogen-bond donors (Lipinski definition) is 0. The SMILES string of the molecule is CCOc1cc(C=C2C(=O)N(c3ccccc3)C(=S)N(c3ccccc3)C2=O)ccc1OCc1ccccc1Cl. The van der Waals surface area contributed by atoms with Gasteiger partial charge in [-0.15, -0.1) is 0 Å². The quantitative estimate of drug-likeness (QED) is 0.129. The molecular formula is C32H25ClN2O4S. The van der Waals surface area contributed by atoms with Gasteiger partial charge in [-0.2, -0.15) is 0 Å². The van der Waals surface area contributed by atoms with Gasteiger partial charge in [0.05, 0.1) is 18.0 Å². The fourth-order valence-electron chi connectivity index (χ4n) is 4.28. The van der Waals surface area contributed by atoms with Gasteiger partial charge >= 0.3 is 0 Å². The topological polar surface area (TPSA) is 59.1 Å². The van der Waals surface area contributed by atoms with Crippen LogP contribution in [0, 0.1) is 0 Å². The van der Waals surface area contributed by atoms with Crippen molar-refractivity contribution in [2.45, 2.75) is 13.5 Å². The molecule has 40 heavy (non-hydrogen) atoms. The summed E-state index contributed by atoms with van der Waals surface area (Å²) in [7, 11) is 0. The van der Waals surface area contributed by atoms with E-state index in [1.807, 2.05) is 61.5 Å². The molecule has 8 heteroatoms. The van der Waals surface area contributed by atoms with Crippen molar-refractivity contribution in [2.75, 3.05) is 16.4 Å². The fourth-order valence-corrected chi connectivity index (χ4v) is 4.85. The fraction of sp³-hybridized carbons (Fsp3) is 0.0938. The number of thiocarbonyl (C=S) groups is 1. The number of nitrogens with zero attached hydrogens (tertiary/aromatic N) is 2. The lowest BCUT2D eigenvalue weighted by Gasteiger charge is -2.36. The average Bonchev–Trinajstić information content (AvgIpc) is 2.97. The number of ether oxygens (including phenoxy) is 2. The van der Waals surface area contributed by atoms with Gasteiger partial charge in [0.2, 0.25) is 0 Å². The van der Waals surface area contributed by atoms with E-state index in [2.05, 4.69) is 0 Å². The first kappa shape index (κ1) is 27.1. The lowest BCUT2D eigenvalue weighted by atomic mass is 10.0. The zero-order valence-electron chi connectivity index (χ0n) is 21.6. The Kier molecular flexibility index (Phi) is 8.24. The van der Waals surface area contributed by atoms with Crippen LogP contribution in [0.15, 0.2) is 109 Å². The van der Waals surface area contributed by atoms with E-state index < -0.39 is 11.8 Å². The molecule has 0 atom stereocenters. The van der Waals surface area contributed by atoms with Crippen molar-refractivity contribution in [1.82, 2.24) is 0 Å². The molecular weight excluding hydrogens is 544 g/mol. The number of hydrogen-bond acceptors (Lipinski definition) is 5. The second kappa shape index (κ2) is 12.2. The number of carbonyl (C=O) groups is 2. The Balaban J connectivity index is 1.52. The summed E-state index contributed by atoms with van der Waals surface area (Å²) >= 11 is 11.9. The van der Waals surface area contributed by atoms with Crippen molar-refractivity contribution >= 4 is 58.2 Å². The highest BCUT2D eigenvalue weighted by atomic mass is 35.5. The van der Waals surface area contributed by atoms with Gasteiger partial charge in [-0.3, -0.25) is 19.4 Å². The minimum atomic E-state index is -0.509. The summed E-state index contributed by atoms with van der Waals surface area (Å²) in [6.45, 7) is 2.53. The first-order chi connectivity index (χ1) is 19.5. The van der Waals surface area contributed by atoms with E-state index in [0.29, 0.717) is 40.1 Å². The molecule has 6 nitrogen and oxygen atoms in total. The van der Waals surface area contributed by atoms with E-state index in [9.17, 15) is 9.59 Å². The smallest absolute Gasteiger partial charge is 0.270 e. The van der Waals surface area contributed by atoms with E-state index in [4.69, 9.17) is 33.3 Å². The summed E-state index contributed by atoms with van der Waals surface area (Å²) in [5, 5.41) is 0.697. The molecule has 1 aliphatic heterocycles. The number of anilines is 2.